The molecular formula is C11H15N3OS. The normalized spacial score (nSPS) is 10.9. The molecular weight excluding hydrogens is 222 g/mol. The Labute approximate surface area is 98.7 Å². The minimum atomic E-state index is 0.730. The third-order valence-electron chi connectivity index (χ3n) is 2.27. The summed E-state index contributed by atoms with van der Waals surface area (Å²) >= 11 is 1.74. The van der Waals surface area contributed by atoms with Crippen molar-refractivity contribution >= 4 is 11.3 Å². The number of hydrogen-bond donors (Lipinski definition) is 1. The maximum absolute atomic E-state index is 5.00. The van der Waals surface area contributed by atoms with Crippen molar-refractivity contribution in [3.63, 3.8) is 0 Å². The van der Waals surface area contributed by atoms with Gasteiger partial charge in [0.05, 0.1) is 16.4 Å². The van der Waals surface area contributed by atoms with E-state index in [0.717, 1.165) is 35.2 Å². The molecule has 16 heavy (non-hydrogen) atoms. The molecule has 86 valence electrons. The smallest absolute Gasteiger partial charge is 0.133 e. The maximum atomic E-state index is 5.00. The fourth-order valence-corrected chi connectivity index (χ4v) is 2.45. The van der Waals surface area contributed by atoms with Crippen molar-refractivity contribution in [1.82, 2.24) is 15.5 Å². The predicted octanol–water partition coefficient (Wildman–Crippen LogP) is 2.35. The Hall–Kier alpha value is -1.20. The second-order valence-electron chi connectivity index (χ2n) is 3.77. The molecule has 5 heteroatoms. The third kappa shape index (κ3) is 2.68. The first-order valence-corrected chi connectivity index (χ1v) is 6.02. The number of hydrogen-bond acceptors (Lipinski definition) is 5. The largest absolute Gasteiger partial charge is 0.361 e. The minimum Gasteiger partial charge on any atom is -0.361 e. The summed E-state index contributed by atoms with van der Waals surface area (Å²) in [4.78, 5) is 5.67. The number of aryl methyl sites for hydroxylation is 3. The lowest BCUT2D eigenvalue weighted by Crippen LogP contribution is -2.12. The fraction of sp³-hybridized carbons (Fsp3) is 0.455. The molecule has 2 rings (SSSR count). The zero-order chi connectivity index (χ0) is 11.5. The van der Waals surface area contributed by atoms with Crippen LogP contribution in [0.2, 0.25) is 0 Å². The van der Waals surface area contributed by atoms with Crippen LogP contribution in [0.25, 0.3) is 0 Å². The molecule has 0 saturated carbocycles. The van der Waals surface area contributed by atoms with E-state index in [0.29, 0.717) is 0 Å². The average molecular weight is 237 g/mol. The van der Waals surface area contributed by atoms with Crippen LogP contribution in [0, 0.1) is 20.8 Å². The molecule has 0 fully saturated rings. The van der Waals surface area contributed by atoms with Crippen molar-refractivity contribution in [3.05, 3.63) is 33.1 Å². The van der Waals surface area contributed by atoms with Gasteiger partial charge < -0.3 is 9.84 Å². The summed E-state index contributed by atoms with van der Waals surface area (Å²) in [7, 11) is 0. The molecule has 2 aromatic rings. The van der Waals surface area contributed by atoms with Gasteiger partial charge in [-0.2, -0.15) is 0 Å². The Morgan fingerprint density at radius 1 is 1.31 bits per heavy atom. The van der Waals surface area contributed by atoms with Gasteiger partial charge in [0.1, 0.15) is 5.76 Å². The average Bonchev–Trinajstić information content (AvgIpc) is 2.74. The van der Waals surface area contributed by atoms with E-state index < -0.39 is 0 Å². The van der Waals surface area contributed by atoms with E-state index in [1.165, 1.54) is 4.88 Å². The van der Waals surface area contributed by atoms with Crippen molar-refractivity contribution in [2.24, 2.45) is 0 Å². The van der Waals surface area contributed by atoms with E-state index in [2.05, 4.69) is 15.5 Å². The lowest BCUT2D eigenvalue weighted by atomic mass is 10.3. The zero-order valence-electron chi connectivity index (χ0n) is 9.70. The van der Waals surface area contributed by atoms with Gasteiger partial charge in [0, 0.05) is 24.0 Å². The van der Waals surface area contributed by atoms with Crippen molar-refractivity contribution in [2.75, 3.05) is 0 Å². The van der Waals surface area contributed by atoms with Crippen molar-refractivity contribution in [1.29, 1.82) is 0 Å². The molecule has 0 saturated heterocycles. The molecule has 0 spiro atoms. The third-order valence-corrected chi connectivity index (χ3v) is 3.34. The van der Waals surface area contributed by atoms with Crippen molar-refractivity contribution in [3.8, 4) is 0 Å². The minimum absolute atomic E-state index is 0.730. The van der Waals surface area contributed by atoms with Gasteiger partial charge >= 0.3 is 0 Å². The van der Waals surface area contributed by atoms with Gasteiger partial charge in [-0.25, -0.2) is 4.98 Å². The van der Waals surface area contributed by atoms with Crippen LogP contribution < -0.4 is 5.32 Å². The van der Waals surface area contributed by atoms with E-state index in [1.807, 2.05) is 26.8 Å². The molecule has 0 aliphatic rings. The molecule has 0 aliphatic heterocycles. The van der Waals surface area contributed by atoms with Gasteiger partial charge in [-0.05, 0) is 20.8 Å². The fourth-order valence-electron chi connectivity index (χ4n) is 1.54. The van der Waals surface area contributed by atoms with Crippen LogP contribution >= 0.6 is 11.3 Å². The molecule has 0 bridgehead atoms. The van der Waals surface area contributed by atoms with Gasteiger partial charge in [0.25, 0.3) is 0 Å². The van der Waals surface area contributed by atoms with Crippen LogP contribution in [0.1, 0.15) is 27.0 Å². The van der Waals surface area contributed by atoms with Crippen LogP contribution in [0.4, 0.5) is 0 Å². The van der Waals surface area contributed by atoms with Crippen LogP contribution in [0.15, 0.2) is 10.6 Å². The quantitative estimate of drug-likeness (QED) is 0.886. The standard InChI is InChI=1S/C11H15N3OS/c1-7-4-10(14-15-7)5-12-6-11-8(2)13-9(3)16-11/h4,12H,5-6H2,1-3H3. The Morgan fingerprint density at radius 3 is 2.69 bits per heavy atom. The van der Waals surface area contributed by atoms with E-state index in [1.54, 1.807) is 11.3 Å². The Kier molecular flexibility index (Phi) is 3.36. The highest BCUT2D eigenvalue weighted by Crippen LogP contribution is 2.16. The highest BCUT2D eigenvalue weighted by atomic mass is 32.1. The van der Waals surface area contributed by atoms with Crippen LogP contribution in [-0.4, -0.2) is 10.1 Å². The summed E-state index contributed by atoms with van der Waals surface area (Å²) in [5.41, 5.74) is 2.06. The molecule has 0 aliphatic carbocycles. The number of aromatic nitrogens is 2. The van der Waals surface area contributed by atoms with E-state index in [-0.39, 0.29) is 0 Å². The van der Waals surface area contributed by atoms with Gasteiger partial charge in [-0.15, -0.1) is 11.3 Å². The number of rotatable bonds is 4. The van der Waals surface area contributed by atoms with E-state index in [9.17, 15) is 0 Å². The molecule has 0 amide bonds. The monoisotopic (exact) mass is 237 g/mol. The molecule has 2 heterocycles. The first kappa shape index (κ1) is 11.3. The summed E-state index contributed by atoms with van der Waals surface area (Å²) in [5, 5.41) is 8.38. The Balaban J connectivity index is 1.86. The highest BCUT2D eigenvalue weighted by molar-refractivity contribution is 7.11. The molecule has 0 radical (unpaired) electrons. The molecule has 0 unspecified atom stereocenters. The van der Waals surface area contributed by atoms with Gasteiger partial charge in [-0.3, -0.25) is 0 Å². The van der Waals surface area contributed by atoms with Crippen LogP contribution in [-0.2, 0) is 13.1 Å². The number of thiazole rings is 1. The first-order chi connectivity index (χ1) is 7.65. The molecule has 0 aromatic carbocycles. The SMILES string of the molecule is Cc1cc(CNCc2sc(C)nc2C)no1. The Bertz CT molecular complexity index is 475. The Morgan fingerprint density at radius 2 is 2.12 bits per heavy atom. The molecule has 0 atom stereocenters. The lowest BCUT2D eigenvalue weighted by Gasteiger charge is -1.99. The predicted molar refractivity (Wildman–Crippen MR) is 63.4 cm³/mol. The zero-order valence-corrected chi connectivity index (χ0v) is 10.5. The second-order valence-corrected chi connectivity index (χ2v) is 5.06. The molecule has 2 aromatic heterocycles. The van der Waals surface area contributed by atoms with Crippen molar-refractivity contribution < 1.29 is 4.52 Å². The summed E-state index contributed by atoms with van der Waals surface area (Å²) in [6.45, 7) is 7.53. The van der Waals surface area contributed by atoms with Gasteiger partial charge in [0.15, 0.2) is 0 Å². The van der Waals surface area contributed by atoms with E-state index in [4.69, 9.17) is 4.52 Å². The number of nitrogens with zero attached hydrogens (tertiary/aromatic N) is 2. The lowest BCUT2D eigenvalue weighted by molar-refractivity contribution is 0.388. The molecule has 1 N–H and O–H groups in total. The summed E-state index contributed by atoms with van der Waals surface area (Å²) in [6, 6.07) is 1.94. The highest BCUT2D eigenvalue weighted by Gasteiger charge is 2.05. The van der Waals surface area contributed by atoms with Gasteiger partial charge in [0.2, 0.25) is 0 Å². The summed E-state index contributed by atoms with van der Waals surface area (Å²) in [6.07, 6.45) is 0. The van der Waals surface area contributed by atoms with Crippen LogP contribution in [0.3, 0.4) is 0 Å². The van der Waals surface area contributed by atoms with Gasteiger partial charge in [-0.1, -0.05) is 5.16 Å². The summed E-state index contributed by atoms with van der Waals surface area (Å²) < 4.78 is 5.00. The second kappa shape index (κ2) is 4.76. The first-order valence-electron chi connectivity index (χ1n) is 5.21. The van der Waals surface area contributed by atoms with Crippen molar-refractivity contribution in [2.45, 2.75) is 33.9 Å². The topological polar surface area (TPSA) is 51.0 Å². The van der Waals surface area contributed by atoms with E-state index >= 15 is 0 Å². The molecule has 4 nitrogen and oxygen atoms in total. The maximum Gasteiger partial charge on any atom is 0.133 e. The summed E-state index contributed by atoms with van der Waals surface area (Å²) in [5.74, 6) is 0.849. The van der Waals surface area contributed by atoms with Crippen LogP contribution in [0.5, 0.6) is 0 Å². The number of nitrogens with one attached hydrogen (secondary N) is 1.